The summed E-state index contributed by atoms with van der Waals surface area (Å²) in [6, 6.07) is 6.34. The Balaban J connectivity index is 2.58. The van der Waals surface area contributed by atoms with Crippen LogP contribution in [0.1, 0.15) is 25.5 Å². The molecule has 1 aromatic carbocycles. The van der Waals surface area contributed by atoms with Gasteiger partial charge >= 0.3 is 6.03 Å². The summed E-state index contributed by atoms with van der Waals surface area (Å²) in [5.41, 5.74) is 0.979. The first kappa shape index (κ1) is 15.5. The van der Waals surface area contributed by atoms with E-state index in [0.29, 0.717) is 5.02 Å². The van der Waals surface area contributed by atoms with Gasteiger partial charge in [-0.25, -0.2) is 4.79 Å². The number of hydrogen-bond donors (Lipinski definition) is 3. The van der Waals surface area contributed by atoms with Crippen LogP contribution in [0.25, 0.3) is 0 Å². The maximum Gasteiger partial charge on any atom is 0.321 e. The lowest BCUT2D eigenvalue weighted by Gasteiger charge is -2.19. The number of urea groups is 1. The van der Waals surface area contributed by atoms with E-state index in [9.17, 15) is 9.59 Å². The van der Waals surface area contributed by atoms with Crippen molar-refractivity contribution in [1.29, 1.82) is 0 Å². The molecule has 0 saturated heterocycles. The van der Waals surface area contributed by atoms with Crippen molar-refractivity contribution in [3.63, 3.8) is 0 Å². The van der Waals surface area contributed by atoms with Crippen LogP contribution >= 0.6 is 11.6 Å². The van der Waals surface area contributed by atoms with E-state index < -0.39 is 12.1 Å². The molecule has 0 bridgehead atoms. The van der Waals surface area contributed by atoms with Crippen LogP contribution < -0.4 is 16.0 Å². The smallest absolute Gasteiger partial charge is 0.321 e. The topological polar surface area (TPSA) is 70.2 Å². The Kier molecular flexibility index (Phi) is 5.79. The van der Waals surface area contributed by atoms with Gasteiger partial charge in [0.25, 0.3) is 0 Å². The number of imide groups is 1. The second-order valence-corrected chi connectivity index (χ2v) is 4.67. The van der Waals surface area contributed by atoms with Crippen LogP contribution in [0.2, 0.25) is 5.02 Å². The Labute approximate surface area is 117 Å². The van der Waals surface area contributed by atoms with E-state index in [4.69, 9.17) is 11.6 Å². The number of carbonyl (C=O) groups excluding carboxylic acids is 2. The molecule has 104 valence electrons. The lowest BCUT2D eigenvalue weighted by atomic mass is 10.1. The third-order valence-corrected chi connectivity index (χ3v) is 2.94. The number of rotatable bonds is 4. The first-order chi connectivity index (χ1) is 8.93. The molecule has 0 aliphatic rings. The van der Waals surface area contributed by atoms with Gasteiger partial charge < -0.3 is 5.32 Å². The highest BCUT2D eigenvalue weighted by atomic mass is 35.5. The molecule has 0 aliphatic heterocycles. The molecule has 0 radical (unpaired) electrons. The zero-order chi connectivity index (χ0) is 14.4. The minimum Gasteiger partial charge on any atom is -0.341 e. The molecule has 0 aromatic heterocycles. The Morgan fingerprint density at radius 1 is 1.26 bits per heavy atom. The molecule has 2 unspecified atom stereocenters. The normalized spacial score (nSPS) is 13.5. The Hall–Kier alpha value is -1.59. The molecule has 2 atom stereocenters. The number of benzene rings is 1. The monoisotopic (exact) mass is 283 g/mol. The molecule has 0 aliphatic carbocycles. The van der Waals surface area contributed by atoms with E-state index >= 15 is 0 Å². The summed E-state index contributed by atoms with van der Waals surface area (Å²) in [5.74, 6) is -0.381. The third-order valence-electron chi connectivity index (χ3n) is 2.71. The second-order valence-electron chi connectivity index (χ2n) is 4.23. The van der Waals surface area contributed by atoms with Crippen LogP contribution in [-0.2, 0) is 4.79 Å². The van der Waals surface area contributed by atoms with Crippen molar-refractivity contribution in [3.8, 4) is 0 Å². The largest absolute Gasteiger partial charge is 0.341 e. The average molecular weight is 284 g/mol. The van der Waals surface area contributed by atoms with Gasteiger partial charge in [-0.05, 0) is 31.5 Å². The standard InChI is InChI=1S/C13H18ClN3O2/c1-8(10-5-4-6-11(14)7-10)16-9(2)12(18)17-13(19)15-3/h4-9,16H,1-3H3,(H2,15,17,18,19). The Bertz CT molecular complexity index is 465. The molecular formula is C13H18ClN3O2. The highest BCUT2D eigenvalue weighted by Crippen LogP contribution is 2.17. The van der Waals surface area contributed by atoms with Crippen LogP contribution in [0, 0.1) is 0 Å². The fraction of sp³-hybridized carbons (Fsp3) is 0.385. The van der Waals surface area contributed by atoms with Crippen molar-refractivity contribution in [3.05, 3.63) is 34.9 Å². The zero-order valence-corrected chi connectivity index (χ0v) is 11.9. The SMILES string of the molecule is CNC(=O)NC(=O)C(C)NC(C)c1cccc(Cl)c1. The van der Waals surface area contributed by atoms with Crippen LogP contribution in [-0.4, -0.2) is 25.0 Å². The molecular weight excluding hydrogens is 266 g/mol. The van der Waals surface area contributed by atoms with Gasteiger partial charge in [-0.3, -0.25) is 15.4 Å². The highest BCUT2D eigenvalue weighted by molar-refractivity contribution is 6.30. The molecule has 0 heterocycles. The minimum atomic E-state index is -0.519. The van der Waals surface area contributed by atoms with Gasteiger partial charge in [0.05, 0.1) is 6.04 Å². The molecule has 1 aromatic rings. The van der Waals surface area contributed by atoms with E-state index in [1.807, 2.05) is 25.1 Å². The molecule has 1 rings (SSSR count). The summed E-state index contributed by atoms with van der Waals surface area (Å²) in [4.78, 5) is 22.7. The molecule has 0 fully saturated rings. The summed E-state index contributed by atoms with van der Waals surface area (Å²) < 4.78 is 0. The predicted molar refractivity (Wildman–Crippen MR) is 75.1 cm³/mol. The summed E-state index contributed by atoms with van der Waals surface area (Å²) in [5, 5.41) is 8.30. The zero-order valence-electron chi connectivity index (χ0n) is 11.2. The summed E-state index contributed by atoms with van der Waals surface area (Å²) in [6.07, 6.45) is 0. The number of carbonyl (C=O) groups is 2. The Morgan fingerprint density at radius 2 is 1.95 bits per heavy atom. The highest BCUT2D eigenvalue weighted by Gasteiger charge is 2.17. The molecule has 3 amide bonds. The molecule has 6 heteroatoms. The summed E-state index contributed by atoms with van der Waals surface area (Å²) >= 11 is 5.92. The first-order valence-electron chi connectivity index (χ1n) is 5.98. The summed E-state index contributed by atoms with van der Waals surface area (Å²) in [6.45, 7) is 3.62. The van der Waals surface area contributed by atoms with E-state index in [1.165, 1.54) is 7.05 Å². The number of nitrogens with one attached hydrogen (secondary N) is 3. The maximum atomic E-state index is 11.7. The lowest BCUT2D eigenvalue weighted by molar-refractivity contribution is -0.121. The minimum absolute atomic E-state index is 0.0517. The van der Waals surface area contributed by atoms with Gasteiger partial charge in [0.2, 0.25) is 5.91 Å². The van der Waals surface area contributed by atoms with Gasteiger partial charge in [0.1, 0.15) is 0 Å². The fourth-order valence-electron chi connectivity index (χ4n) is 1.61. The molecule has 0 saturated carbocycles. The lowest BCUT2D eigenvalue weighted by Crippen LogP contribution is -2.47. The van der Waals surface area contributed by atoms with Crippen LogP contribution in [0.3, 0.4) is 0 Å². The predicted octanol–water partition coefficient (Wildman–Crippen LogP) is 1.83. The average Bonchev–Trinajstić information content (AvgIpc) is 2.38. The van der Waals surface area contributed by atoms with Crippen molar-refractivity contribution in [2.24, 2.45) is 0 Å². The van der Waals surface area contributed by atoms with E-state index in [1.54, 1.807) is 13.0 Å². The first-order valence-corrected chi connectivity index (χ1v) is 6.36. The van der Waals surface area contributed by atoms with Crippen LogP contribution in [0.4, 0.5) is 4.79 Å². The van der Waals surface area contributed by atoms with Crippen LogP contribution in [0.5, 0.6) is 0 Å². The fourth-order valence-corrected chi connectivity index (χ4v) is 1.80. The van der Waals surface area contributed by atoms with Gasteiger partial charge in [-0.2, -0.15) is 0 Å². The van der Waals surface area contributed by atoms with Gasteiger partial charge in [0.15, 0.2) is 0 Å². The summed E-state index contributed by atoms with van der Waals surface area (Å²) in [7, 11) is 1.45. The van der Waals surface area contributed by atoms with E-state index in [2.05, 4.69) is 16.0 Å². The number of amides is 3. The van der Waals surface area contributed by atoms with Crippen molar-refractivity contribution < 1.29 is 9.59 Å². The second kappa shape index (κ2) is 7.11. The quantitative estimate of drug-likeness (QED) is 0.790. The molecule has 0 spiro atoms. The van der Waals surface area contributed by atoms with Crippen molar-refractivity contribution in [1.82, 2.24) is 16.0 Å². The van der Waals surface area contributed by atoms with Crippen molar-refractivity contribution >= 4 is 23.5 Å². The Morgan fingerprint density at radius 3 is 2.53 bits per heavy atom. The number of hydrogen-bond acceptors (Lipinski definition) is 3. The molecule has 3 N–H and O–H groups in total. The van der Waals surface area contributed by atoms with Crippen molar-refractivity contribution in [2.45, 2.75) is 25.9 Å². The van der Waals surface area contributed by atoms with Crippen LogP contribution in [0.15, 0.2) is 24.3 Å². The van der Waals surface area contributed by atoms with E-state index in [-0.39, 0.29) is 11.9 Å². The van der Waals surface area contributed by atoms with Crippen molar-refractivity contribution in [2.75, 3.05) is 7.05 Å². The number of halogens is 1. The van der Waals surface area contributed by atoms with Gasteiger partial charge in [-0.15, -0.1) is 0 Å². The third kappa shape index (κ3) is 4.89. The van der Waals surface area contributed by atoms with Gasteiger partial charge in [0, 0.05) is 18.1 Å². The maximum absolute atomic E-state index is 11.7. The van der Waals surface area contributed by atoms with Gasteiger partial charge in [-0.1, -0.05) is 23.7 Å². The van der Waals surface area contributed by atoms with E-state index in [0.717, 1.165) is 5.56 Å². The molecule has 5 nitrogen and oxygen atoms in total. The molecule has 19 heavy (non-hydrogen) atoms.